The third kappa shape index (κ3) is 24.0. The van der Waals surface area contributed by atoms with Crippen LogP contribution in [0.25, 0.3) is 32.8 Å². The van der Waals surface area contributed by atoms with E-state index < -0.39 is 0 Å². The second kappa shape index (κ2) is 40.0. The number of nitrogens with one attached hydrogen (secondary N) is 6. The van der Waals surface area contributed by atoms with E-state index in [-0.39, 0.29) is 0 Å². The molecule has 492 valence electrons. The number of likely N-dealkylation sites (tertiary alicyclic amines) is 1. The molecule has 1 aliphatic heterocycles. The van der Waals surface area contributed by atoms with Crippen LogP contribution in [-0.2, 0) is 0 Å². The molecular formula is C73H118N14O2. The SMILES string of the molecule is CCN(CC)CCCCCNc1cc(OC)nc2ccc(NC3CCCCC3)cc12.CCN(CC)CCCCCNc1cc(OC)nc2ccc(NC3CCCCC3)nc12.CCN(CC)CCCCCNc1cccc2ccc(NC3CCN(C)CC3)nc12. The molecule has 16 heteroatoms. The number of hydrogen-bond donors (Lipinski definition) is 6. The number of benzene rings is 2. The van der Waals surface area contributed by atoms with E-state index in [0.717, 1.165) is 129 Å². The van der Waals surface area contributed by atoms with E-state index in [1.54, 1.807) is 14.2 Å². The van der Waals surface area contributed by atoms with E-state index >= 15 is 0 Å². The monoisotopic (exact) mass is 1220 g/mol. The Balaban J connectivity index is 0.000000190. The number of unbranched alkanes of at least 4 members (excludes halogenated alkanes) is 6. The molecule has 4 aromatic heterocycles. The van der Waals surface area contributed by atoms with Crippen LogP contribution in [0.2, 0.25) is 0 Å². The Morgan fingerprint density at radius 2 is 0.899 bits per heavy atom. The molecule has 5 heterocycles. The van der Waals surface area contributed by atoms with E-state index in [0.29, 0.717) is 29.9 Å². The van der Waals surface area contributed by atoms with Crippen molar-refractivity contribution in [1.82, 2.24) is 39.5 Å². The zero-order valence-corrected chi connectivity index (χ0v) is 56.8. The molecule has 0 bridgehead atoms. The second-order valence-electron chi connectivity index (χ2n) is 25.0. The molecule has 16 nitrogen and oxygen atoms in total. The van der Waals surface area contributed by atoms with Gasteiger partial charge in [0.25, 0.3) is 0 Å². The van der Waals surface area contributed by atoms with E-state index in [4.69, 9.17) is 19.4 Å². The first-order valence-corrected chi connectivity index (χ1v) is 35.3. The maximum atomic E-state index is 5.44. The maximum absolute atomic E-state index is 5.44. The van der Waals surface area contributed by atoms with Crippen LogP contribution in [0.3, 0.4) is 0 Å². The highest BCUT2D eigenvalue weighted by atomic mass is 16.5. The predicted octanol–water partition coefficient (Wildman–Crippen LogP) is 15.9. The predicted molar refractivity (Wildman–Crippen MR) is 382 cm³/mol. The van der Waals surface area contributed by atoms with Crippen molar-refractivity contribution in [2.24, 2.45) is 0 Å². The fourth-order valence-corrected chi connectivity index (χ4v) is 12.8. The van der Waals surface area contributed by atoms with Crippen LogP contribution < -0.4 is 41.4 Å². The zero-order chi connectivity index (χ0) is 62.8. The van der Waals surface area contributed by atoms with Crippen molar-refractivity contribution in [3.8, 4) is 11.8 Å². The Labute approximate surface area is 537 Å². The third-order valence-corrected chi connectivity index (χ3v) is 18.6. The van der Waals surface area contributed by atoms with Gasteiger partial charge in [-0.15, -0.1) is 0 Å². The second-order valence-corrected chi connectivity index (χ2v) is 25.0. The first-order valence-electron chi connectivity index (χ1n) is 35.3. The lowest BCUT2D eigenvalue weighted by Gasteiger charge is -2.29. The molecule has 0 amide bonds. The average Bonchev–Trinajstić information content (AvgIpc) is 3.25. The highest BCUT2D eigenvalue weighted by molar-refractivity contribution is 5.94. The lowest BCUT2D eigenvalue weighted by Crippen LogP contribution is -2.36. The number of methoxy groups -OCH3 is 2. The van der Waals surface area contributed by atoms with E-state index in [2.05, 4.69) is 159 Å². The molecule has 2 aromatic carbocycles. The minimum absolute atomic E-state index is 0.530. The first kappa shape index (κ1) is 70.5. The lowest BCUT2D eigenvalue weighted by atomic mass is 9.95. The van der Waals surface area contributed by atoms with Gasteiger partial charge in [0.05, 0.1) is 42.1 Å². The van der Waals surface area contributed by atoms with Gasteiger partial charge >= 0.3 is 0 Å². The van der Waals surface area contributed by atoms with E-state index in [1.165, 1.54) is 165 Å². The van der Waals surface area contributed by atoms with Crippen LogP contribution in [0, 0.1) is 0 Å². The van der Waals surface area contributed by atoms with Gasteiger partial charge in [-0.2, -0.15) is 0 Å². The van der Waals surface area contributed by atoms with E-state index in [1.807, 2.05) is 24.3 Å². The number of rotatable bonds is 35. The van der Waals surface area contributed by atoms with Crippen LogP contribution in [0.4, 0.5) is 34.4 Å². The van der Waals surface area contributed by atoms with Gasteiger partial charge in [0.1, 0.15) is 17.2 Å². The summed E-state index contributed by atoms with van der Waals surface area (Å²) in [5.74, 6) is 3.24. The van der Waals surface area contributed by atoms with E-state index in [9.17, 15) is 0 Å². The van der Waals surface area contributed by atoms with Crippen molar-refractivity contribution >= 4 is 67.2 Å². The topological polar surface area (TPSA) is 155 Å². The Morgan fingerprint density at radius 1 is 0.438 bits per heavy atom. The van der Waals surface area contributed by atoms with Crippen molar-refractivity contribution in [2.75, 3.05) is 145 Å². The highest BCUT2D eigenvalue weighted by Crippen LogP contribution is 2.32. The Morgan fingerprint density at radius 3 is 1.44 bits per heavy atom. The van der Waals surface area contributed by atoms with Gasteiger partial charge in [0, 0.05) is 72.0 Å². The van der Waals surface area contributed by atoms with Crippen LogP contribution in [0.1, 0.15) is 176 Å². The average molecular weight is 1220 g/mol. The number of para-hydroxylation sites is 1. The van der Waals surface area contributed by atoms with Crippen LogP contribution in [0.15, 0.2) is 72.8 Å². The molecule has 0 radical (unpaired) electrons. The molecule has 89 heavy (non-hydrogen) atoms. The van der Waals surface area contributed by atoms with Gasteiger partial charge in [-0.05, 0) is 205 Å². The van der Waals surface area contributed by atoms with Gasteiger partial charge < -0.3 is 61.0 Å². The summed E-state index contributed by atoms with van der Waals surface area (Å²) >= 11 is 0. The highest BCUT2D eigenvalue weighted by Gasteiger charge is 2.19. The minimum atomic E-state index is 0.530. The molecule has 0 atom stereocenters. The number of fused-ring (bicyclic) bond motifs is 3. The summed E-state index contributed by atoms with van der Waals surface area (Å²) in [5.41, 5.74) is 8.32. The van der Waals surface area contributed by atoms with Crippen LogP contribution >= 0.6 is 0 Å². The standard InChI is InChI=1S/C25H40N4O.C24H39N5O.C24H39N5/c1-4-29(5-2)17-11-7-10-16-26-24-19-25(30-3)28-23-15-14-21(18-22(23)24)27-20-12-8-6-9-13-20;1-4-29(5-2)17-11-7-10-16-25-21-18-23(30-3)27-20-14-15-22(28-24(20)21)26-19-12-8-6-9-13-19;1-4-29(5-2)17-8-6-7-16-25-22-11-9-10-20-12-13-23(27-24(20)22)26-21-14-18-28(3)19-15-21/h14-15,18-20,27H,4-13,16-17H2,1-3H3,(H,26,28);14-15,18-19H,4-13,16-17H2,1-3H3,(H,25,27)(H,26,28);9-13,21,25H,4-8,14-19H2,1-3H3,(H,26,27). The molecule has 6 aromatic rings. The molecule has 0 unspecified atom stereocenters. The first-order chi connectivity index (χ1) is 43.6. The maximum Gasteiger partial charge on any atom is 0.215 e. The molecule has 2 aliphatic carbocycles. The summed E-state index contributed by atoms with van der Waals surface area (Å²) in [6.07, 6.45) is 26.5. The molecular weight excluding hydrogens is 1100 g/mol. The number of nitrogens with zero attached hydrogens (tertiary/aromatic N) is 8. The normalized spacial score (nSPS) is 15.2. The summed E-state index contributed by atoms with van der Waals surface area (Å²) in [7, 11) is 5.55. The molecule has 9 rings (SSSR count). The minimum Gasteiger partial charge on any atom is -0.481 e. The van der Waals surface area contributed by atoms with Crippen molar-refractivity contribution in [3.63, 3.8) is 0 Å². The Hall–Kier alpha value is -5.94. The quantitative estimate of drug-likeness (QED) is 0.0209. The molecule has 0 spiro atoms. The zero-order valence-electron chi connectivity index (χ0n) is 56.8. The van der Waals surface area contributed by atoms with Crippen molar-refractivity contribution in [2.45, 2.75) is 195 Å². The Bertz CT molecular complexity index is 2760. The number of ether oxygens (including phenoxy) is 2. The van der Waals surface area contributed by atoms with Gasteiger partial charge in [-0.25, -0.2) is 19.9 Å². The van der Waals surface area contributed by atoms with Crippen molar-refractivity contribution < 1.29 is 9.47 Å². The number of aromatic nitrogens is 4. The molecule has 1 saturated heterocycles. The Kier molecular flexibility index (Phi) is 31.7. The van der Waals surface area contributed by atoms with Crippen LogP contribution in [-0.4, -0.2) is 171 Å². The summed E-state index contributed by atoms with van der Waals surface area (Å²) < 4.78 is 10.8. The number of piperidine rings is 1. The smallest absolute Gasteiger partial charge is 0.215 e. The van der Waals surface area contributed by atoms with Gasteiger partial charge in [-0.1, -0.05) is 111 Å². The van der Waals surface area contributed by atoms with Gasteiger partial charge in [0.15, 0.2) is 0 Å². The summed E-state index contributed by atoms with van der Waals surface area (Å²) in [5, 5.41) is 24.3. The van der Waals surface area contributed by atoms with Crippen molar-refractivity contribution in [1.29, 1.82) is 0 Å². The molecule has 2 saturated carbocycles. The summed E-state index contributed by atoms with van der Waals surface area (Å²) in [4.78, 5) is 29.0. The number of pyridine rings is 4. The van der Waals surface area contributed by atoms with Gasteiger partial charge in [-0.3, -0.25) is 0 Å². The number of anilines is 6. The summed E-state index contributed by atoms with van der Waals surface area (Å²) in [6, 6.07) is 27.0. The molecule has 6 N–H and O–H groups in total. The largest absolute Gasteiger partial charge is 0.481 e. The van der Waals surface area contributed by atoms with Crippen LogP contribution in [0.5, 0.6) is 11.8 Å². The molecule has 3 aliphatic rings. The number of hydrogen-bond acceptors (Lipinski definition) is 16. The summed E-state index contributed by atoms with van der Waals surface area (Å²) in [6.45, 7) is 29.2. The molecule has 3 fully saturated rings. The lowest BCUT2D eigenvalue weighted by molar-refractivity contribution is 0.263. The fraction of sp³-hybridized carbons (Fsp3) is 0.644. The third-order valence-electron chi connectivity index (χ3n) is 18.6. The van der Waals surface area contributed by atoms with Gasteiger partial charge in [0.2, 0.25) is 11.8 Å². The van der Waals surface area contributed by atoms with Crippen molar-refractivity contribution in [3.05, 3.63) is 72.8 Å². The fourth-order valence-electron chi connectivity index (χ4n) is 12.8.